The molecule has 138 valence electrons. The molecule has 8 heteroatoms. The Morgan fingerprint density at radius 1 is 1.12 bits per heavy atom. The summed E-state index contributed by atoms with van der Waals surface area (Å²) in [5.74, 6) is -0.270. The minimum absolute atomic E-state index is 0.0511. The topological polar surface area (TPSA) is 117 Å². The highest BCUT2D eigenvalue weighted by atomic mass is 16.6. The van der Waals surface area contributed by atoms with Crippen LogP contribution in [-0.2, 0) is 11.2 Å². The number of carbonyl (C=O) groups is 1. The van der Waals surface area contributed by atoms with Crippen molar-refractivity contribution in [3.05, 3.63) is 58.1 Å². The Bertz CT molecular complexity index is 762. The fourth-order valence-corrected chi connectivity index (χ4v) is 2.34. The number of anilines is 3. The van der Waals surface area contributed by atoms with Crippen molar-refractivity contribution in [2.45, 2.75) is 13.3 Å². The molecule has 26 heavy (non-hydrogen) atoms. The molecule has 0 unspecified atom stereocenters. The predicted octanol–water partition coefficient (Wildman–Crippen LogP) is 2.61. The first kappa shape index (κ1) is 19.2. The molecule has 8 nitrogen and oxygen atoms in total. The van der Waals surface area contributed by atoms with E-state index in [0.717, 1.165) is 6.42 Å². The minimum Gasteiger partial charge on any atom is -0.395 e. The van der Waals surface area contributed by atoms with Gasteiger partial charge in [0.05, 0.1) is 29.4 Å². The lowest BCUT2D eigenvalue weighted by molar-refractivity contribution is -0.384. The summed E-state index contributed by atoms with van der Waals surface area (Å²) in [6.07, 6.45) is 0.923. The summed E-state index contributed by atoms with van der Waals surface area (Å²) in [7, 11) is 0. The van der Waals surface area contributed by atoms with Gasteiger partial charge in [-0.25, -0.2) is 0 Å². The van der Waals surface area contributed by atoms with Gasteiger partial charge in [-0.2, -0.15) is 0 Å². The predicted molar refractivity (Wildman–Crippen MR) is 102 cm³/mol. The highest BCUT2D eigenvalue weighted by Crippen LogP contribution is 2.26. The number of benzene rings is 2. The van der Waals surface area contributed by atoms with Crippen LogP contribution in [0.1, 0.15) is 12.5 Å². The van der Waals surface area contributed by atoms with E-state index in [1.807, 2.05) is 24.3 Å². The fraction of sp³-hybridized carbons (Fsp3) is 0.278. The first-order chi connectivity index (χ1) is 12.5. The first-order valence-electron chi connectivity index (χ1n) is 8.29. The highest BCUT2D eigenvalue weighted by Gasteiger charge is 2.12. The summed E-state index contributed by atoms with van der Waals surface area (Å²) >= 11 is 0. The van der Waals surface area contributed by atoms with Crippen LogP contribution < -0.4 is 16.0 Å². The highest BCUT2D eigenvalue weighted by molar-refractivity contribution is 5.94. The third-order valence-electron chi connectivity index (χ3n) is 3.73. The number of aryl methyl sites for hydroxylation is 1. The number of nitrogens with zero attached hydrogens (tertiary/aromatic N) is 1. The molecule has 4 N–H and O–H groups in total. The normalized spacial score (nSPS) is 10.2. The summed E-state index contributed by atoms with van der Waals surface area (Å²) in [5.41, 5.74) is 2.77. The zero-order valence-corrected chi connectivity index (χ0v) is 14.5. The van der Waals surface area contributed by atoms with Gasteiger partial charge in [-0.15, -0.1) is 0 Å². The maximum absolute atomic E-state index is 12.1. The van der Waals surface area contributed by atoms with E-state index < -0.39 is 4.92 Å². The number of non-ortho nitro benzene ring substituents is 1. The van der Waals surface area contributed by atoms with E-state index in [4.69, 9.17) is 5.11 Å². The summed E-state index contributed by atoms with van der Waals surface area (Å²) < 4.78 is 0. The third kappa shape index (κ3) is 5.45. The second-order valence-electron chi connectivity index (χ2n) is 5.59. The van der Waals surface area contributed by atoms with E-state index in [1.165, 1.54) is 23.8 Å². The lowest BCUT2D eigenvalue weighted by Gasteiger charge is -2.13. The van der Waals surface area contributed by atoms with Gasteiger partial charge in [-0.05, 0) is 30.2 Å². The smallest absolute Gasteiger partial charge is 0.271 e. The monoisotopic (exact) mass is 358 g/mol. The van der Waals surface area contributed by atoms with E-state index in [9.17, 15) is 14.9 Å². The van der Waals surface area contributed by atoms with Crippen LogP contribution in [0.4, 0.5) is 22.7 Å². The van der Waals surface area contributed by atoms with E-state index >= 15 is 0 Å². The number of hydrogen-bond acceptors (Lipinski definition) is 6. The molecule has 0 saturated heterocycles. The summed E-state index contributed by atoms with van der Waals surface area (Å²) in [4.78, 5) is 22.6. The number of aliphatic hydroxyl groups excluding tert-OH is 1. The summed E-state index contributed by atoms with van der Waals surface area (Å²) in [5, 5.41) is 28.5. The van der Waals surface area contributed by atoms with E-state index in [1.54, 1.807) is 0 Å². The molecule has 0 aromatic heterocycles. The van der Waals surface area contributed by atoms with Gasteiger partial charge in [-0.3, -0.25) is 14.9 Å². The second kappa shape index (κ2) is 9.38. The van der Waals surface area contributed by atoms with Gasteiger partial charge < -0.3 is 21.1 Å². The van der Waals surface area contributed by atoms with Gasteiger partial charge in [-0.1, -0.05) is 19.1 Å². The molecule has 2 rings (SSSR count). The number of carbonyl (C=O) groups excluding carboxylic acids is 1. The molecule has 2 aromatic carbocycles. The molecule has 0 spiro atoms. The fourth-order valence-electron chi connectivity index (χ4n) is 2.34. The lowest BCUT2D eigenvalue weighted by atomic mass is 10.1. The molecule has 1 amide bonds. The maximum Gasteiger partial charge on any atom is 0.271 e. The molecule has 2 aromatic rings. The summed E-state index contributed by atoms with van der Waals surface area (Å²) in [6.45, 7) is 2.22. The van der Waals surface area contributed by atoms with Crippen LogP contribution in [0, 0.1) is 10.1 Å². The van der Waals surface area contributed by atoms with Crippen LogP contribution >= 0.6 is 0 Å². The van der Waals surface area contributed by atoms with Gasteiger partial charge in [0.15, 0.2) is 0 Å². The van der Waals surface area contributed by atoms with Gasteiger partial charge in [0.2, 0.25) is 5.91 Å². The Morgan fingerprint density at radius 2 is 1.85 bits per heavy atom. The number of amides is 1. The van der Waals surface area contributed by atoms with E-state index in [0.29, 0.717) is 23.6 Å². The lowest BCUT2D eigenvalue weighted by Crippen LogP contribution is -2.22. The van der Waals surface area contributed by atoms with Crippen LogP contribution in [0.15, 0.2) is 42.5 Å². The largest absolute Gasteiger partial charge is 0.395 e. The molecule has 0 aliphatic heterocycles. The van der Waals surface area contributed by atoms with Crippen LogP contribution in [0.2, 0.25) is 0 Å². The van der Waals surface area contributed by atoms with Crippen molar-refractivity contribution in [2.75, 3.05) is 35.6 Å². The quantitative estimate of drug-likeness (QED) is 0.404. The molecular formula is C18H22N4O4. The molecule has 0 heterocycles. The Morgan fingerprint density at radius 3 is 2.46 bits per heavy atom. The Balaban J connectivity index is 2.02. The van der Waals surface area contributed by atoms with Gasteiger partial charge in [0.1, 0.15) is 0 Å². The molecule has 0 radical (unpaired) electrons. The zero-order valence-electron chi connectivity index (χ0n) is 14.5. The molecule has 0 fully saturated rings. The number of nitro groups is 1. The number of nitro benzene ring substituents is 1. The van der Waals surface area contributed by atoms with Crippen molar-refractivity contribution in [2.24, 2.45) is 0 Å². The molecule has 0 aliphatic rings. The number of rotatable bonds is 9. The summed E-state index contributed by atoms with van der Waals surface area (Å²) in [6, 6.07) is 11.8. The molecule has 0 atom stereocenters. The van der Waals surface area contributed by atoms with Gasteiger partial charge >= 0.3 is 0 Å². The number of hydrogen-bond donors (Lipinski definition) is 4. The van der Waals surface area contributed by atoms with Crippen LogP contribution in [0.25, 0.3) is 0 Å². The van der Waals surface area contributed by atoms with Crippen LogP contribution in [0.5, 0.6) is 0 Å². The third-order valence-corrected chi connectivity index (χ3v) is 3.73. The molecule has 0 bridgehead atoms. The van der Waals surface area contributed by atoms with Crippen molar-refractivity contribution in [1.82, 2.24) is 0 Å². The molecule has 0 aliphatic carbocycles. The van der Waals surface area contributed by atoms with Crippen molar-refractivity contribution >= 4 is 28.7 Å². The average Bonchev–Trinajstić information content (AvgIpc) is 2.65. The standard InChI is InChI=1S/C18H22N4O4/c1-2-13-3-5-14(6-4-13)21-18(24)12-20-17-11-15(22(25)26)7-8-16(17)19-9-10-23/h3-8,11,19-20,23H,2,9-10,12H2,1H3,(H,21,24). The van der Waals surface area contributed by atoms with Gasteiger partial charge in [0, 0.05) is 24.4 Å². The van der Waals surface area contributed by atoms with Crippen molar-refractivity contribution in [1.29, 1.82) is 0 Å². The second-order valence-corrected chi connectivity index (χ2v) is 5.59. The van der Waals surface area contributed by atoms with Gasteiger partial charge in [0.25, 0.3) is 5.69 Å². The number of aliphatic hydroxyl groups is 1. The van der Waals surface area contributed by atoms with Crippen molar-refractivity contribution in [3.63, 3.8) is 0 Å². The Labute approximate surface area is 151 Å². The van der Waals surface area contributed by atoms with Crippen LogP contribution in [0.3, 0.4) is 0 Å². The maximum atomic E-state index is 12.1. The Hall–Kier alpha value is -3.13. The average molecular weight is 358 g/mol. The van der Waals surface area contributed by atoms with Crippen molar-refractivity contribution in [3.8, 4) is 0 Å². The number of nitrogens with one attached hydrogen (secondary N) is 3. The SMILES string of the molecule is CCc1ccc(NC(=O)CNc2cc([N+](=O)[O-])ccc2NCCO)cc1. The van der Waals surface area contributed by atoms with E-state index in [-0.39, 0.29) is 24.7 Å². The Kier molecular flexibility index (Phi) is 6.92. The van der Waals surface area contributed by atoms with Crippen LogP contribution in [-0.4, -0.2) is 35.6 Å². The van der Waals surface area contributed by atoms with Crippen molar-refractivity contribution < 1.29 is 14.8 Å². The first-order valence-corrected chi connectivity index (χ1v) is 8.29. The molecule has 0 saturated carbocycles. The van der Waals surface area contributed by atoms with E-state index in [2.05, 4.69) is 22.9 Å². The zero-order chi connectivity index (χ0) is 18.9. The minimum atomic E-state index is -0.504. The molecular weight excluding hydrogens is 336 g/mol.